The number of allylic oxidation sites excluding steroid dienone is 4. The fourth-order valence-corrected chi connectivity index (χ4v) is 4.36. The van der Waals surface area contributed by atoms with Gasteiger partial charge in [-0.15, -0.1) is 13.2 Å². The average molecular weight is 569 g/mol. The number of ether oxygens (including phenoxy) is 1. The number of hydrogen-bond acceptors (Lipinski definition) is 4. The molecule has 0 bridgehead atoms. The van der Waals surface area contributed by atoms with Crippen LogP contribution in [0.15, 0.2) is 64.2 Å². The van der Waals surface area contributed by atoms with E-state index in [1.165, 1.54) is 25.7 Å². The van der Waals surface area contributed by atoms with Crippen molar-refractivity contribution in [3.05, 3.63) is 69.8 Å². The lowest BCUT2D eigenvalue weighted by atomic mass is 9.91. The van der Waals surface area contributed by atoms with Gasteiger partial charge in [0, 0.05) is 36.2 Å². The molecule has 1 aromatic rings. The Balaban J connectivity index is 0.000000395. The van der Waals surface area contributed by atoms with Crippen LogP contribution in [0.3, 0.4) is 0 Å². The summed E-state index contributed by atoms with van der Waals surface area (Å²) in [6.07, 6.45) is 7.02. The minimum absolute atomic E-state index is 0.219. The molecule has 9 heteroatoms. The van der Waals surface area contributed by atoms with Crippen molar-refractivity contribution in [2.75, 3.05) is 20.2 Å². The highest BCUT2D eigenvalue weighted by Gasteiger charge is 2.28. The summed E-state index contributed by atoms with van der Waals surface area (Å²) in [6, 6.07) is 7.18. The zero-order valence-corrected chi connectivity index (χ0v) is 24.2. The van der Waals surface area contributed by atoms with Gasteiger partial charge < -0.3 is 5.32 Å². The standard InChI is InChI=1S/C16H23ClO.C14H17F3N2O2/c1-3-6-13(4-2)7-5-8-16(18)14-9-11-15(17)12-10-14;1-4-10-9(2)11(5-6-12(10)18-3)13(20)19-7-8-21-14(15,16)17/h9-13H,3-8H2,1-2H3;4-6H,7-8H2,1-3H3,(H,19,20)/b;10-4-,18-12?. The van der Waals surface area contributed by atoms with Gasteiger partial charge in [0.2, 0.25) is 0 Å². The molecule has 0 aromatic heterocycles. The van der Waals surface area contributed by atoms with Crippen LogP contribution in [0.5, 0.6) is 0 Å². The first-order chi connectivity index (χ1) is 18.5. The molecule has 1 unspecified atom stereocenters. The predicted molar refractivity (Wildman–Crippen MR) is 152 cm³/mol. The zero-order valence-electron chi connectivity index (χ0n) is 23.5. The fraction of sp³-hybridized carbons (Fsp3) is 0.500. The minimum Gasteiger partial charge on any atom is -0.350 e. The van der Waals surface area contributed by atoms with Crippen LogP contribution in [-0.2, 0) is 9.53 Å². The van der Waals surface area contributed by atoms with Crippen molar-refractivity contribution in [3.63, 3.8) is 0 Å². The van der Waals surface area contributed by atoms with Gasteiger partial charge in [-0.1, -0.05) is 57.2 Å². The van der Waals surface area contributed by atoms with Gasteiger partial charge in [-0.3, -0.25) is 19.3 Å². The van der Waals surface area contributed by atoms with Crippen LogP contribution in [0.1, 0.15) is 76.6 Å². The quantitative estimate of drug-likeness (QED) is 0.205. The molecule has 1 amide bonds. The van der Waals surface area contributed by atoms with E-state index in [1.54, 1.807) is 38.3 Å². The van der Waals surface area contributed by atoms with Crippen LogP contribution in [-0.4, -0.2) is 44.0 Å². The number of halogens is 4. The summed E-state index contributed by atoms with van der Waals surface area (Å²) in [4.78, 5) is 28.0. The highest BCUT2D eigenvalue weighted by molar-refractivity contribution is 6.30. The normalized spacial score (nSPS) is 16.2. The molecule has 0 saturated carbocycles. The van der Waals surface area contributed by atoms with E-state index in [2.05, 4.69) is 28.9 Å². The van der Waals surface area contributed by atoms with Gasteiger partial charge in [0.25, 0.3) is 5.91 Å². The molecule has 1 atom stereocenters. The lowest BCUT2D eigenvalue weighted by molar-refractivity contribution is -0.323. The van der Waals surface area contributed by atoms with E-state index in [9.17, 15) is 22.8 Å². The van der Waals surface area contributed by atoms with Gasteiger partial charge in [-0.05, 0) is 73.7 Å². The van der Waals surface area contributed by atoms with Crippen LogP contribution < -0.4 is 5.32 Å². The van der Waals surface area contributed by atoms with Gasteiger partial charge in [0.15, 0.2) is 5.78 Å². The van der Waals surface area contributed by atoms with Gasteiger partial charge in [-0.25, -0.2) is 0 Å². The SMILES string of the molecule is C/C=C1\C(=NC)C=CC(C(=O)NCCOC(F)(F)F)=C1C.CCCC(CC)CCCC(=O)c1ccc(Cl)cc1. The van der Waals surface area contributed by atoms with Crippen LogP contribution in [0.2, 0.25) is 5.02 Å². The highest BCUT2D eigenvalue weighted by atomic mass is 35.5. The molecule has 1 aliphatic rings. The number of hydrogen-bond donors (Lipinski definition) is 1. The van der Waals surface area contributed by atoms with Crippen molar-refractivity contribution >= 4 is 29.0 Å². The van der Waals surface area contributed by atoms with E-state index in [1.807, 2.05) is 25.1 Å². The number of nitrogens with zero attached hydrogens (tertiary/aromatic N) is 1. The molecular weight excluding hydrogens is 529 g/mol. The van der Waals surface area contributed by atoms with E-state index in [0.29, 0.717) is 17.0 Å². The van der Waals surface area contributed by atoms with Crippen LogP contribution in [0, 0.1) is 5.92 Å². The Morgan fingerprint density at radius 3 is 2.33 bits per heavy atom. The molecule has 0 aliphatic heterocycles. The summed E-state index contributed by atoms with van der Waals surface area (Å²) in [6.45, 7) is 7.22. The second-order valence-corrected chi connectivity index (χ2v) is 9.55. The summed E-state index contributed by atoms with van der Waals surface area (Å²) in [5.41, 5.74) is 3.50. The number of Topliss-reactive ketones (excluding diaryl/α,β-unsaturated/α-hetero) is 1. The number of benzene rings is 1. The topological polar surface area (TPSA) is 67.8 Å². The smallest absolute Gasteiger partial charge is 0.350 e. The molecule has 0 saturated heterocycles. The molecule has 5 nitrogen and oxygen atoms in total. The van der Waals surface area contributed by atoms with E-state index in [0.717, 1.165) is 34.8 Å². The number of aliphatic imine (C=N–C) groups is 1. The first-order valence-corrected chi connectivity index (χ1v) is 13.6. The highest BCUT2D eigenvalue weighted by Crippen LogP contribution is 2.23. The average Bonchev–Trinajstić information content (AvgIpc) is 2.90. The Morgan fingerprint density at radius 1 is 1.13 bits per heavy atom. The summed E-state index contributed by atoms with van der Waals surface area (Å²) in [7, 11) is 1.65. The number of amides is 1. The third-order valence-corrected chi connectivity index (χ3v) is 6.63. The predicted octanol–water partition coefficient (Wildman–Crippen LogP) is 8.06. The fourth-order valence-electron chi connectivity index (χ4n) is 4.24. The monoisotopic (exact) mass is 568 g/mol. The van der Waals surface area contributed by atoms with Crippen molar-refractivity contribution in [2.45, 2.75) is 72.6 Å². The maximum atomic E-state index is 12.0. The maximum Gasteiger partial charge on any atom is 0.522 e. The van der Waals surface area contributed by atoms with Crippen LogP contribution in [0.25, 0.3) is 0 Å². The van der Waals surface area contributed by atoms with Crippen molar-refractivity contribution in [2.24, 2.45) is 10.9 Å². The molecule has 0 fully saturated rings. The maximum absolute atomic E-state index is 12.0. The van der Waals surface area contributed by atoms with Gasteiger partial charge in [0.1, 0.15) is 0 Å². The summed E-state index contributed by atoms with van der Waals surface area (Å²) < 4.78 is 39.0. The number of rotatable bonds is 12. The summed E-state index contributed by atoms with van der Waals surface area (Å²) in [5.74, 6) is 0.579. The Kier molecular flexibility index (Phi) is 15.7. The first-order valence-electron chi connectivity index (χ1n) is 13.3. The molecule has 2 rings (SSSR count). The third-order valence-electron chi connectivity index (χ3n) is 6.38. The lowest BCUT2D eigenvalue weighted by Gasteiger charge is -2.17. The van der Waals surface area contributed by atoms with Crippen LogP contribution >= 0.6 is 11.6 Å². The second-order valence-electron chi connectivity index (χ2n) is 9.12. The second kappa shape index (κ2) is 17.8. The molecule has 0 spiro atoms. The van der Waals surface area contributed by atoms with Crippen molar-refractivity contribution in [1.29, 1.82) is 0 Å². The van der Waals surface area contributed by atoms with Crippen molar-refractivity contribution in [3.8, 4) is 0 Å². The molecular formula is C30H40ClF3N2O3. The van der Waals surface area contributed by atoms with Gasteiger partial charge in [-0.2, -0.15) is 0 Å². The Labute approximate surface area is 235 Å². The Morgan fingerprint density at radius 2 is 1.79 bits per heavy atom. The Hall–Kier alpha value is -2.71. The summed E-state index contributed by atoms with van der Waals surface area (Å²) >= 11 is 5.80. The number of ketones is 1. The van der Waals surface area contributed by atoms with E-state index < -0.39 is 18.9 Å². The largest absolute Gasteiger partial charge is 0.522 e. The van der Waals surface area contributed by atoms with Crippen molar-refractivity contribution in [1.82, 2.24) is 5.32 Å². The van der Waals surface area contributed by atoms with E-state index in [-0.39, 0.29) is 12.3 Å². The number of alkyl halides is 3. The minimum atomic E-state index is -4.69. The molecule has 1 aliphatic carbocycles. The van der Waals surface area contributed by atoms with Crippen LogP contribution in [0.4, 0.5) is 13.2 Å². The number of carbonyl (C=O) groups is 2. The van der Waals surface area contributed by atoms with E-state index in [4.69, 9.17) is 11.6 Å². The molecule has 216 valence electrons. The molecule has 0 radical (unpaired) electrons. The Bertz CT molecular complexity index is 1060. The molecule has 1 aromatic carbocycles. The zero-order chi connectivity index (χ0) is 29.4. The first kappa shape index (κ1) is 34.3. The van der Waals surface area contributed by atoms with E-state index >= 15 is 0 Å². The summed E-state index contributed by atoms with van der Waals surface area (Å²) in [5, 5.41) is 3.07. The third kappa shape index (κ3) is 12.8. The van der Waals surface area contributed by atoms with Gasteiger partial charge in [0.05, 0.1) is 12.3 Å². The molecule has 0 heterocycles. The van der Waals surface area contributed by atoms with Crippen molar-refractivity contribution < 1.29 is 27.5 Å². The van der Waals surface area contributed by atoms with Gasteiger partial charge >= 0.3 is 6.36 Å². The molecule has 1 N–H and O–H groups in total. The lowest BCUT2D eigenvalue weighted by Crippen LogP contribution is -2.31. The number of nitrogens with one attached hydrogen (secondary N) is 1. The molecule has 39 heavy (non-hydrogen) atoms. The number of carbonyl (C=O) groups excluding carboxylic acids is 2.